The summed E-state index contributed by atoms with van der Waals surface area (Å²) in [7, 11) is 0. The number of hydrogen-bond acceptors (Lipinski definition) is 4. The molecule has 2 aromatic heterocycles. The van der Waals surface area contributed by atoms with Gasteiger partial charge in [0.05, 0.1) is 5.69 Å². The number of benzene rings is 3. The van der Waals surface area contributed by atoms with Gasteiger partial charge in [-0.25, -0.2) is 0 Å². The molecule has 166 valence electrons. The molecule has 4 nitrogen and oxygen atoms in total. The minimum Gasteiger partial charge on any atom is -0.354 e. The summed E-state index contributed by atoms with van der Waals surface area (Å²) in [6.45, 7) is 1.95. The first-order valence-corrected chi connectivity index (χ1v) is 11.7. The molecule has 0 spiro atoms. The maximum absolute atomic E-state index is 5.74. The summed E-state index contributed by atoms with van der Waals surface area (Å²) in [6, 6.07) is 31.6. The van der Waals surface area contributed by atoms with Gasteiger partial charge in [-0.05, 0) is 54.5 Å². The predicted octanol–water partition coefficient (Wildman–Crippen LogP) is 8.00. The Morgan fingerprint density at radius 1 is 0.765 bits per heavy atom. The van der Waals surface area contributed by atoms with E-state index in [0.717, 1.165) is 45.6 Å². The predicted molar refractivity (Wildman–Crippen MR) is 137 cm³/mol. The molecular weight excluding hydrogens is 418 g/mol. The largest absolute Gasteiger partial charge is 0.354 e. The molecule has 4 heteroatoms. The number of pyridine rings is 1. The van der Waals surface area contributed by atoms with Gasteiger partial charge in [0.2, 0.25) is 0 Å². The van der Waals surface area contributed by atoms with Crippen LogP contribution in [0.5, 0.6) is 0 Å². The fraction of sp³-hybridized carbons (Fsp3) is 0.133. The Balaban J connectivity index is 1.26. The highest BCUT2D eigenvalue weighted by atomic mass is 16.5. The highest BCUT2D eigenvalue weighted by Crippen LogP contribution is 2.40. The van der Waals surface area contributed by atoms with Crippen LogP contribution in [0.15, 0.2) is 102 Å². The van der Waals surface area contributed by atoms with Gasteiger partial charge in [-0.3, -0.25) is 4.98 Å². The second-order valence-electron chi connectivity index (χ2n) is 8.87. The van der Waals surface area contributed by atoms with Gasteiger partial charge in [0.15, 0.2) is 5.76 Å². The minimum absolute atomic E-state index is 0.728. The Bertz CT molecular complexity index is 1420. The third-order valence-electron chi connectivity index (χ3n) is 6.40. The number of nitrogens with zero attached hydrogens (tertiary/aromatic N) is 2. The first-order chi connectivity index (χ1) is 16.7. The second kappa shape index (κ2) is 8.64. The smallest absolute Gasteiger partial charge is 0.190 e. The van der Waals surface area contributed by atoms with Crippen LogP contribution in [0, 0.1) is 6.92 Å². The van der Waals surface area contributed by atoms with Crippen molar-refractivity contribution < 1.29 is 4.52 Å². The molecule has 0 bridgehead atoms. The molecule has 0 amide bonds. The molecule has 5 aromatic rings. The van der Waals surface area contributed by atoms with Crippen molar-refractivity contribution in [1.29, 1.82) is 0 Å². The summed E-state index contributed by atoms with van der Waals surface area (Å²) in [5.74, 6) is 1.51. The number of rotatable bonds is 6. The lowest BCUT2D eigenvalue weighted by Gasteiger charge is -2.09. The van der Waals surface area contributed by atoms with Crippen molar-refractivity contribution in [3.8, 4) is 33.7 Å². The number of aromatic nitrogens is 2. The average molecular weight is 444 g/mol. The zero-order chi connectivity index (χ0) is 22.9. The van der Waals surface area contributed by atoms with Gasteiger partial charge >= 0.3 is 0 Å². The molecule has 0 unspecified atom stereocenters. The van der Waals surface area contributed by atoms with Crippen molar-refractivity contribution in [3.63, 3.8) is 0 Å². The van der Waals surface area contributed by atoms with E-state index in [9.17, 15) is 0 Å². The van der Waals surface area contributed by atoms with Gasteiger partial charge in [-0.2, -0.15) is 0 Å². The summed E-state index contributed by atoms with van der Waals surface area (Å²) < 4.78 is 5.74. The summed E-state index contributed by atoms with van der Waals surface area (Å²) >= 11 is 0. The van der Waals surface area contributed by atoms with Gasteiger partial charge < -0.3 is 9.84 Å². The molecule has 3 aromatic carbocycles. The van der Waals surface area contributed by atoms with E-state index in [1.165, 1.54) is 29.5 Å². The van der Waals surface area contributed by atoms with Gasteiger partial charge in [0.1, 0.15) is 11.4 Å². The minimum atomic E-state index is 0.728. The Kier molecular flexibility index (Phi) is 5.19. The molecule has 6 rings (SSSR count). The average Bonchev–Trinajstić information content (AvgIpc) is 3.69. The molecule has 1 saturated carbocycles. The molecule has 1 aliphatic rings. The topological polar surface area (TPSA) is 51.0 Å². The Labute approximate surface area is 199 Å². The van der Waals surface area contributed by atoms with E-state index in [-0.39, 0.29) is 0 Å². The molecule has 34 heavy (non-hydrogen) atoms. The second-order valence-corrected chi connectivity index (χ2v) is 8.87. The zero-order valence-electron chi connectivity index (χ0n) is 19.0. The van der Waals surface area contributed by atoms with Crippen molar-refractivity contribution in [1.82, 2.24) is 10.1 Å². The van der Waals surface area contributed by atoms with E-state index in [1.54, 1.807) is 0 Å². The third kappa shape index (κ3) is 4.11. The molecule has 1 fully saturated rings. The fourth-order valence-corrected chi connectivity index (χ4v) is 4.31. The molecule has 0 saturated heterocycles. The summed E-state index contributed by atoms with van der Waals surface area (Å²) in [5, 5.41) is 7.73. The molecule has 1 aliphatic carbocycles. The third-order valence-corrected chi connectivity index (χ3v) is 6.40. The first kappa shape index (κ1) is 20.4. The van der Waals surface area contributed by atoms with Crippen molar-refractivity contribution in [2.24, 2.45) is 0 Å². The highest BCUT2D eigenvalue weighted by molar-refractivity contribution is 5.80. The van der Waals surface area contributed by atoms with Crippen LogP contribution >= 0.6 is 0 Å². The van der Waals surface area contributed by atoms with Crippen molar-refractivity contribution >= 4 is 11.4 Å². The van der Waals surface area contributed by atoms with E-state index >= 15 is 0 Å². The molecule has 0 radical (unpaired) electrons. The normalized spacial score (nSPS) is 13.1. The quantitative estimate of drug-likeness (QED) is 0.289. The number of anilines is 2. The highest BCUT2D eigenvalue weighted by Gasteiger charge is 2.23. The Morgan fingerprint density at radius 3 is 2.15 bits per heavy atom. The number of hydrogen-bond donors (Lipinski definition) is 1. The maximum Gasteiger partial charge on any atom is 0.190 e. The van der Waals surface area contributed by atoms with E-state index in [1.807, 2.05) is 43.5 Å². The van der Waals surface area contributed by atoms with Crippen molar-refractivity contribution in [2.75, 3.05) is 5.32 Å². The summed E-state index contributed by atoms with van der Waals surface area (Å²) in [4.78, 5) is 4.52. The maximum atomic E-state index is 5.74. The summed E-state index contributed by atoms with van der Waals surface area (Å²) in [5.41, 5.74) is 9.48. The Morgan fingerprint density at radius 2 is 1.44 bits per heavy atom. The fourth-order valence-electron chi connectivity index (χ4n) is 4.31. The van der Waals surface area contributed by atoms with Gasteiger partial charge in [-0.15, -0.1) is 0 Å². The van der Waals surface area contributed by atoms with Crippen LogP contribution in [0.4, 0.5) is 11.4 Å². The van der Waals surface area contributed by atoms with Gasteiger partial charge in [-0.1, -0.05) is 84.0 Å². The standard InChI is InChI=1S/C30H25N3O/c1-20-29(32-27-17-18-31-28(19-27)25-5-3-2-4-6-25)30(34-33-20)26-15-13-24(14-16-26)23-11-9-22(10-12-23)21-7-8-21/h2-6,9-19,21H,7-8H2,1H3,(H,31,32). The van der Waals surface area contributed by atoms with Gasteiger partial charge in [0.25, 0.3) is 0 Å². The molecule has 0 aliphatic heterocycles. The van der Waals surface area contributed by atoms with Crippen molar-refractivity contribution in [3.05, 3.63) is 108 Å². The SMILES string of the molecule is Cc1noc(-c2ccc(-c3ccc(C4CC4)cc3)cc2)c1Nc1ccnc(-c2ccccc2)c1. The lowest BCUT2D eigenvalue weighted by Crippen LogP contribution is -1.94. The van der Waals surface area contributed by atoms with Crippen LogP contribution in [0.25, 0.3) is 33.7 Å². The van der Waals surface area contributed by atoms with E-state index in [4.69, 9.17) is 4.52 Å². The lowest BCUT2D eigenvalue weighted by molar-refractivity contribution is 0.427. The molecule has 0 atom stereocenters. The first-order valence-electron chi connectivity index (χ1n) is 11.7. The monoisotopic (exact) mass is 443 g/mol. The molecular formula is C30H25N3O. The van der Waals surface area contributed by atoms with Crippen LogP contribution in [-0.4, -0.2) is 10.1 Å². The zero-order valence-corrected chi connectivity index (χ0v) is 19.0. The Hall–Kier alpha value is -4.18. The van der Waals surface area contributed by atoms with E-state index in [2.05, 4.69) is 76.1 Å². The van der Waals surface area contributed by atoms with Crippen molar-refractivity contribution in [2.45, 2.75) is 25.7 Å². The van der Waals surface area contributed by atoms with Gasteiger partial charge in [0, 0.05) is 23.0 Å². The van der Waals surface area contributed by atoms with E-state index in [0.29, 0.717) is 0 Å². The van der Waals surface area contributed by atoms with Crippen LogP contribution in [0.1, 0.15) is 30.0 Å². The lowest BCUT2D eigenvalue weighted by atomic mass is 10.0. The molecule has 2 heterocycles. The summed E-state index contributed by atoms with van der Waals surface area (Å²) in [6.07, 6.45) is 4.47. The van der Waals surface area contributed by atoms with Crippen LogP contribution < -0.4 is 5.32 Å². The number of aryl methyl sites for hydroxylation is 1. The van der Waals surface area contributed by atoms with E-state index < -0.39 is 0 Å². The van der Waals surface area contributed by atoms with Crippen LogP contribution in [0.3, 0.4) is 0 Å². The van der Waals surface area contributed by atoms with Crippen LogP contribution in [-0.2, 0) is 0 Å². The molecule has 1 N–H and O–H groups in total. The van der Waals surface area contributed by atoms with Crippen LogP contribution in [0.2, 0.25) is 0 Å². The number of nitrogens with one attached hydrogen (secondary N) is 1.